The maximum Gasteiger partial charge on any atom is 0.239 e. The number of carbonyl (C=O) groups excluding carboxylic acids is 3. The van der Waals surface area contributed by atoms with Crippen LogP contribution in [0.4, 0.5) is 0 Å². The highest BCUT2D eigenvalue weighted by Gasteiger charge is 2.23. The molecule has 0 bridgehead atoms. The Morgan fingerprint density at radius 1 is 1.04 bits per heavy atom. The zero-order valence-corrected chi connectivity index (χ0v) is 13.6. The van der Waals surface area contributed by atoms with E-state index in [-0.39, 0.29) is 43.0 Å². The Kier molecular flexibility index (Phi) is 6.32. The molecule has 1 saturated carbocycles. The third-order valence-corrected chi connectivity index (χ3v) is 3.78. The standard InChI is InChI=1S/C18H24N2O3/c1-2-3-13-4-6-14(7-5-13)16(21)10-11-17(22)19-12-18(23)20-15-8-9-15/h4-7,15H,2-3,8-12H2,1H3,(H,19,22)(H,20,23). The minimum atomic E-state index is -0.271. The van der Waals surface area contributed by atoms with E-state index in [2.05, 4.69) is 17.6 Å². The summed E-state index contributed by atoms with van der Waals surface area (Å²) in [6.45, 7) is 2.10. The summed E-state index contributed by atoms with van der Waals surface area (Å²) in [5.41, 5.74) is 1.84. The largest absolute Gasteiger partial charge is 0.352 e. The summed E-state index contributed by atoms with van der Waals surface area (Å²) in [7, 11) is 0. The number of rotatable bonds is 9. The summed E-state index contributed by atoms with van der Waals surface area (Å²) in [4.78, 5) is 35.2. The van der Waals surface area contributed by atoms with Crippen LogP contribution in [0.1, 0.15) is 54.9 Å². The highest BCUT2D eigenvalue weighted by molar-refractivity contribution is 5.98. The molecule has 5 nitrogen and oxygen atoms in total. The number of Topliss-reactive ketones (excluding diaryl/α,β-unsaturated/α-hetero) is 1. The van der Waals surface area contributed by atoms with Gasteiger partial charge < -0.3 is 10.6 Å². The Hall–Kier alpha value is -2.17. The number of ketones is 1. The molecule has 0 saturated heterocycles. The lowest BCUT2D eigenvalue weighted by molar-refractivity contribution is -0.126. The number of amides is 2. The summed E-state index contributed by atoms with van der Waals surface area (Å²) >= 11 is 0. The van der Waals surface area contributed by atoms with Crippen LogP contribution in [0, 0.1) is 0 Å². The third kappa shape index (κ3) is 6.22. The van der Waals surface area contributed by atoms with Crippen LogP contribution in [0.3, 0.4) is 0 Å². The summed E-state index contributed by atoms with van der Waals surface area (Å²) in [5, 5.41) is 5.34. The van der Waals surface area contributed by atoms with Gasteiger partial charge in [0.25, 0.3) is 0 Å². The van der Waals surface area contributed by atoms with Gasteiger partial charge in [-0.3, -0.25) is 14.4 Å². The van der Waals surface area contributed by atoms with Crippen LogP contribution in [0.5, 0.6) is 0 Å². The molecule has 5 heteroatoms. The Bertz CT molecular complexity index is 562. The zero-order valence-electron chi connectivity index (χ0n) is 13.6. The van der Waals surface area contributed by atoms with Crippen LogP contribution in [-0.2, 0) is 16.0 Å². The summed E-state index contributed by atoms with van der Waals surface area (Å²) in [6, 6.07) is 7.83. The van der Waals surface area contributed by atoms with E-state index >= 15 is 0 Å². The molecular weight excluding hydrogens is 292 g/mol. The van der Waals surface area contributed by atoms with Gasteiger partial charge in [-0.2, -0.15) is 0 Å². The number of benzene rings is 1. The number of hydrogen-bond donors (Lipinski definition) is 2. The van der Waals surface area contributed by atoms with E-state index in [1.165, 1.54) is 5.56 Å². The van der Waals surface area contributed by atoms with Crippen LogP contribution in [0.2, 0.25) is 0 Å². The molecule has 124 valence electrons. The van der Waals surface area contributed by atoms with Crippen molar-refractivity contribution in [1.82, 2.24) is 10.6 Å². The SMILES string of the molecule is CCCc1ccc(C(=O)CCC(=O)NCC(=O)NC2CC2)cc1. The van der Waals surface area contributed by atoms with Crippen LogP contribution in [0.25, 0.3) is 0 Å². The molecular formula is C18H24N2O3. The van der Waals surface area contributed by atoms with Crippen molar-refractivity contribution in [3.8, 4) is 0 Å². The predicted molar refractivity (Wildman–Crippen MR) is 88.2 cm³/mol. The maximum atomic E-state index is 12.1. The average molecular weight is 316 g/mol. The molecule has 0 spiro atoms. The quantitative estimate of drug-likeness (QED) is 0.684. The average Bonchev–Trinajstić information content (AvgIpc) is 3.35. The lowest BCUT2D eigenvalue weighted by atomic mass is 10.0. The molecule has 23 heavy (non-hydrogen) atoms. The van der Waals surface area contributed by atoms with E-state index in [1.54, 1.807) is 0 Å². The van der Waals surface area contributed by atoms with Crippen molar-refractivity contribution in [2.45, 2.75) is 51.5 Å². The third-order valence-electron chi connectivity index (χ3n) is 3.78. The molecule has 1 aliphatic carbocycles. The minimum absolute atomic E-state index is 0.0186. The second-order valence-electron chi connectivity index (χ2n) is 5.99. The highest BCUT2D eigenvalue weighted by Crippen LogP contribution is 2.18. The van der Waals surface area contributed by atoms with Gasteiger partial charge in [0.2, 0.25) is 11.8 Å². The smallest absolute Gasteiger partial charge is 0.239 e. The van der Waals surface area contributed by atoms with Crippen LogP contribution >= 0.6 is 0 Å². The molecule has 0 aromatic heterocycles. The zero-order chi connectivity index (χ0) is 16.7. The van der Waals surface area contributed by atoms with Crippen LogP contribution < -0.4 is 10.6 Å². The normalized spacial score (nSPS) is 13.4. The van der Waals surface area contributed by atoms with Gasteiger partial charge in [0.1, 0.15) is 0 Å². The molecule has 0 unspecified atom stereocenters. The van der Waals surface area contributed by atoms with E-state index in [1.807, 2.05) is 24.3 Å². The van der Waals surface area contributed by atoms with Crippen molar-refractivity contribution < 1.29 is 14.4 Å². The molecule has 0 heterocycles. The van der Waals surface area contributed by atoms with E-state index in [0.717, 1.165) is 25.7 Å². The van der Waals surface area contributed by atoms with Crippen molar-refractivity contribution in [2.24, 2.45) is 0 Å². The lowest BCUT2D eigenvalue weighted by Gasteiger charge is -2.06. The molecule has 2 amide bonds. The van der Waals surface area contributed by atoms with Crippen LogP contribution in [-0.4, -0.2) is 30.2 Å². The van der Waals surface area contributed by atoms with Gasteiger partial charge in [0, 0.05) is 24.4 Å². The van der Waals surface area contributed by atoms with E-state index < -0.39 is 0 Å². The molecule has 1 aromatic rings. The van der Waals surface area contributed by atoms with E-state index in [9.17, 15) is 14.4 Å². The monoisotopic (exact) mass is 316 g/mol. The Labute approximate surface area is 136 Å². The second kappa shape index (κ2) is 8.46. The number of carbonyl (C=O) groups is 3. The fourth-order valence-electron chi connectivity index (χ4n) is 2.29. The molecule has 2 N–H and O–H groups in total. The second-order valence-corrected chi connectivity index (χ2v) is 5.99. The predicted octanol–water partition coefficient (Wildman–Crippen LogP) is 2.00. The van der Waals surface area contributed by atoms with Crippen LogP contribution in [0.15, 0.2) is 24.3 Å². The van der Waals surface area contributed by atoms with Crippen molar-refractivity contribution in [2.75, 3.05) is 6.54 Å². The number of aryl methyl sites for hydroxylation is 1. The number of hydrogen-bond acceptors (Lipinski definition) is 3. The fourth-order valence-corrected chi connectivity index (χ4v) is 2.29. The highest BCUT2D eigenvalue weighted by atomic mass is 16.2. The molecule has 1 aromatic carbocycles. The molecule has 0 atom stereocenters. The van der Waals surface area contributed by atoms with Gasteiger partial charge in [-0.05, 0) is 24.8 Å². The van der Waals surface area contributed by atoms with Gasteiger partial charge in [0.15, 0.2) is 5.78 Å². The van der Waals surface area contributed by atoms with Crippen molar-refractivity contribution in [1.29, 1.82) is 0 Å². The maximum absolute atomic E-state index is 12.1. The molecule has 0 aliphatic heterocycles. The molecule has 0 radical (unpaired) electrons. The fraction of sp³-hybridized carbons (Fsp3) is 0.500. The number of nitrogens with one attached hydrogen (secondary N) is 2. The summed E-state index contributed by atoms with van der Waals surface area (Å²) in [6.07, 6.45) is 4.37. The first-order chi connectivity index (χ1) is 11.1. The van der Waals surface area contributed by atoms with E-state index in [4.69, 9.17) is 0 Å². The first kappa shape index (κ1) is 17.2. The Morgan fingerprint density at radius 3 is 2.35 bits per heavy atom. The Balaban J connectivity index is 1.68. The van der Waals surface area contributed by atoms with Crippen molar-refractivity contribution in [3.63, 3.8) is 0 Å². The lowest BCUT2D eigenvalue weighted by Crippen LogP contribution is -2.37. The van der Waals surface area contributed by atoms with Gasteiger partial charge in [-0.15, -0.1) is 0 Å². The van der Waals surface area contributed by atoms with Gasteiger partial charge in [-0.25, -0.2) is 0 Å². The van der Waals surface area contributed by atoms with E-state index in [0.29, 0.717) is 5.56 Å². The van der Waals surface area contributed by atoms with Gasteiger partial charge in [-0.1, -0.05) is 37.6 Å². The summed E-state index contributed by atoms with van der Waals surface area (Å²) < 4.78 is 0. The van der Waals surface area contributed by atoms with Crippen molar-refractivity contribution >= 4 is 17.6 Å². The first-order valence-electron chi connectivity index (χ1n) is 8.26. The van der Waals surface area contributed by atoms with Crippen molar-refractivity contribution in [3.05, 3.63) is 35.4 Å². The van der Waals surface area contributed by atoms with Gasteiger partial charge in [0.05, 0.1) is 6.54 Å². The molecule has 1 fully saturated rings. The Morgan fingerprint density at radius 2 is 1.74 bits per heavy atom. The minimum Gasteiger partial charge on any atom is -0.352 e. The topological polar surface area (TPSA) is 75.3 Å². The van der Waals surface area contributed by atoms with Gasteiger partial charge >= 0.3 is 0 Å². The molecule has 1 aliphatic rings. The molecule has 2 rings (SSSR count). The summed E-state index contributed by atoms with van der Waals surface area (Å²) in [5.74, 6) is -0.490. The first-order valence-corrected chi connectivity index (χ1v) is 8.26.